The van der Waals surface area contributed by atoms with Crippen molar-refractivity contribution in [3.63, 3.8) is 0 Å². The van der Waals surface area contributed by atoms with Crippen LogP contribution in [-0.4, -0.2) is 30.5 Å². The summed E-state index contributed by atoms with van der Waals surface area (Å²) >= 11 is 0. The minimum absolute atomic E-state index is 0. The minimum Gasteiger partial charge on any atom is -1.00 e. The number of rotatable bonds is 14. The minimum atomic E-state index is -4.21. The summed E-state index contributed by atoms with van der Waals surface area (Å²) in [6.07, 6.45) is 10.7. The van der Waals surface area contributed by atoms with Crippen molar-refractivity contribution >= 4 is 15.9 Å². The van der Waals surface area contributed by atoms with Gasteiger partial charge in [-0.15, -0.1) is 0 Å². The zero-order valence-corrected chi connectivity index (χ0v) is 17.0. The van der Waals surface area contributed by atoms with Gasteiger partial charge in [0.2, 0.25) is 0 Å². The number of carbonyl (C=O) groups is 1. The molecule has 1 atom stereocenters. The maximum Gasteiger partial charge on any atom is 1.00 e. The molecule has 22 heavy (non-hydrogen) atoms. The summed E-state index contributed by atoms with van der Waals surface area (Å²) in [6, 6.07) is 0. The summed E-state index contributed by atoms with van der Waals surface area (Å²) in [7, 11) is -4.21. The van der Waals surface area contributed by atoms with Gasteiger partial charge in [0.15, 0.2) is 0 Å². The van der Waals surface area contributed by atoms with E-state index in [2.05, 4.69) is 6.92 Å². The van der Waals surface area contributed by atoms with Crippen molar-refractivity contribution < 1.29 is 48.7 Å². The number of Topliss-reactive ketones (excluding diaryl/α,β-unsaturated/α-hetero) is 1. The van der Waals surface area contributed by atoms with Crippen molar-refractivity contribution in [1.29, 1.82) is 0 Å². The van der Waals surface area contributed by atoms with E-state index < -0.39 is 15.4 Å². The molecule has 0 rings (SSSR count). The molecule has 3 N–H and O–H groups in total. The van der Waals surface area contributed by atoms with E-state index in [-0.39, 0.29) is 49.7 Å². The van der Waals surface area contributed by atoms with Gasteiger partial charge in [-0.3, -0.25) is 9.35 Å². The number of hydrogen-bond acceptors (Lipinski definition) is 4. The summed E-state index contributed by atoms with van der Waals surface area (Å²) in [6.45, 7) is 1.98. The summed E-state index contributed by atoms with van der Waals surface area (Å²) in [4.78, 5) is 11.6. The van der Waals surface area contributed by atoms with E-state index in [1.807, 2.05) is 0 Å². The zero-order chi connectivity index (χ0) is 16.1. The van der Waals surface area contributed by atoms with Gasteiger partial charge < -0.3 is 7.16 Å². The van der Waals surface area contributed by atoms with Crippen molar-refractivity contribution in [2.45, 2.75) is 82.8 Å². The van der Waals surface area contributed by atoms with E-state index >= 15 is 0 Å². The Morgan fingerprint density at radius 1 is 1.05 bits per heavy atom. The van der Waals surface area contributed by atoms with Gasteiger partial charge in [-0.05, 0) is 6.42 Å². The molecule has 0 heterocycles. The molecular weight excluding hydrogens is 313 g/mol. The summed E-state index contributed by atoms with van der Waals surface area (Å²) in [5.74, 6) is -0.133. The predicted octanol–water partition coefficient (Wildman–Crippen LogP) is 0.198. The van der Waals surface area contributed by atoms with E-state index in [9.17, 15) is 13.2 Å². The van der Waals surface area contributed by atoms with Crippen LogP contribution in [0.3, 0.4) is 0 Å². The first-order chi connectivity index (χ1) is 9.91. The van der Waals surface area contributed by atoms with Crippen LogP contribution in [0, 0.1) is 0 Å². The average molecular weight is 345 g/mol. The molecule has 0 aliphatic heterocycles. The Bertz CT molecular complexity index is 380. The molecule has 128 valence electrons. The summed E-state index contributed by atoms with van der Waals surface area (Å²) in [5.41, 5.74) is 5.26. The monoisotopic (exact) mass is 345 g/mol. The number of unbranched alkanes of at least 4 members (excludes halogenated alkanes) is 8. The number of hydrogen-bond donors (Lipinski definition) is 2. The molecule has 0 amide bonds. The first kappa shape index (κ1) is 24.8. The first-order valence-electron chi connectivity index (χ1n) is 8.09. The van der Waals surface area contributed by atoms with Crippen LogP contribution in [-0.2, 0) is 14.9 Å². The van der Waals surface area contributed by atoms with Gasteiger partial charge in [-0.1, -0.05) is 58.3 Å². The normalized spacial score (nSPS) is 12.7. The number of carbonyl (C=O) groups excluding carboxylic acids is 1. The van der Waals surface area contributed by atoms with E-state index in [0.29, 0.717) is 6.42 Å². The van der Waals surface area contributed by atoms with Crippen LogP contribution in [0.25, 0.3) is 0 Å². The molecule has 7 heteroatoms. The van der Waals surface area contributed by atoms with Crippen LogP contribution in [0.15, 0.2) is 0 Å². The van der Waals surface area contributed by atoms with Gasteiger partial charge in [-0.2, -0.15) is 8.42 Å². The van der Waals surface area contributed by atoms with Crippen LogP contribution in [0.5, 0.6) is 0 Å². The van der Waals surface area contributed by atoms with Crippen LogP contribution >= 0.6 is 0 Å². The van der Waals surface area contributed by atoms with Gasteiger partial charge in [0.1, 0.15) is 11.0 Å². The molecular formula is C15H32NNaO4S. The van der Waals surface area contributed by atoms with Crippen LogP contribution in [0.4, 0.5) is 0 Å². The van der Waals surface area contributed by atoms with E-state index in [4.69, 9.17) is 10.3 Å². The Hall–Kier alpha value is 0.540. The second-order valence-electron chi connectivity index (χ2n) is 5.69. The maximum absolute atomic E-state index is 11.6. The topological polar surface area (TPSA) is 97.5 Å². The Labute approximate surface area is 159 Å². The standard InChI is InChI=1S/C15H31NO4S.Na.H/c1-2-3-4-5-6-7-8-9-10-11-14(17)12-15(13-16)21(18,19)20;;/h15H,2-13,16H2,1H3,(H,18,19,20);;/q;+1;-1. The largest absolute Gasteiger partial charge is 1.00 e. The molecule has 0 saturated heterocycles. The quantitative estimate of drug-likeness (QED) is 0.266. The third-order valence-corrected chi connectivity index (χ3v) is 4.90. The predicted molar refractivity (Wildman–Crippen MR) is 87.0 cm³/mol. The molecule has 0 aliphatic carbocycles. The fraction of sp³-hybridized carbons (Fsp3) is 0.933. The number of nitrogens with two attached hydrogens (primary N) is 1. The van der Waals surface area contributed by atoms with E-state index in [1.165, 1.54) is 38.5 Å². The molecule has 5 nitrogen and oxygen atoms in total. The third-order valence-electron chi connectivity index (χ3n) is 3.70. The molecule has 1 unspecified atom stereocenters. The molecule has 0 aromatic heterocycles. The molecule has 0 fully saturated rings. The molecule has 0 spiro atoms. The van der Waals surface area contributed by atoms with Gasteiger partial charge in [0.25, 0.3) is 10.1 Å². The maximum atomic E-state index is 11.6. The zero-order valence-electron chi connectivity index (χ0n) is 15.2. The average Bonchev–Trinajstić information content (AvgIpc) is 2.41. The molecule has 0 bridgehead atoms. The van der Waals surface area contributed by atoms with Crippen LogP contribution in [0.2, 0.25) is 0 Å². The van der Waals surface area contributed by atoms with Crippen molar-refractivity contribution in [2.75, 3.05) is 6.54 Å². The Kier molecular flexibility index (Phi) is 17.0. The summed E-state index contributed by atoms with van der Waals surface area (Å²) in [5, 5.41) is -1.15. The SMILES string of the molecule is CCCCCCCCCCCC(=O)CC(CN)S(=O)(=O)O.[H-].[Na+]. The van der Waals surface area contributed by atoms with E-state index in [0.717, 1.165) is 19.3 Å². The first-order valence-corrected chi connectivity index (χ1v) is 9.60. The molecule has 0 aromatic rings. The van der Waals surface area contributed by atoms with Gasteiger partial charge in [0, 0.05) is 19.4 Å². The fourth-order valence-electron chi connectivity index (χ4n) is 2.30. The molecule has 0 aromatic carbocycles. The second kappa shape index (κ2) is 15.1. The molecule has 0 aliphatic rings. The van der Waals surface area contributed by atoms with Crippen molar-refractivity contribution in [3.05, 3.63) is 0 Å². The van der Waals surface area contributed by atoms with Crippen molar-refractivity contribution in [2.24, 2.45) is 5.73 Å². The van der Waals surface area contributed by atoms with E-state index in [1.54, 1.807) is 0 Å². The van der Waals surface area contributed by atoms with Gasteiger partial charge in [-0.25, -0.2) is 0 Å². The third kappa shape index (κ3) is 14.2. The number of ketones is 1. The van der Waals surface area contributed by atoms with Crippen molar-refractivity contribution in [3.8, 4) is 0 Å². The molecule has 0 radical (unpaired) electrons. The van der Waals surface area contributed by atoms with Crippen LogP contribution < -0.4 is 35.3 Å². The second-order valence-corrected chi connectivity index (χ2v) is 7.39. The van der Waals surface area contributed by atoms with Gasteiger partial charge >= 0.3 is 29.6 Å². The van der Waals surface area contributed by atoms with Crippen LogP contribution in [0.1, 0.15) is 79.0 Å². The smallest absolute Gasteiger partial charge is 1.00 e. The van der Waals surface area contributed by atoms with Gasteiger partial charge in [0.05, 0.1) is 0 Å². The Morgan fingerprint density at radius 2 is 1.50 bits per heavy atom. The molecule has 0 saturated carbocycles. The Balaban J connectivity index is -0.00000200. The fourth-order valence-corrected chi connectivity index (χ4v) is 2.94. The summed E-state index contributed by atoms with van der Waals surface area (Å²) < 4.78 is 30.8. The van der Waals surface area contributed by atoms with Crippen molar-refractivity contribution in [1.82, 2.24) is 0 Å². The Morgan fingerprint density at radius 3 is 1.91 bits per heavy atom.